The molecule has 0 spiro atoms. The second kappa shape index (κ2) is 6.74. The molecule has 20 heavy (non-hydrogen) atoms. The second-order valence-electron chi connectivity index (χ2n) is 4.78. The van der Waals surface area contributed by atoms with Crippen molar-refractivity contribution in [2.24, 2.45) is 0 Å². The van der Waals surface area contributed by atoms with Crippen molar-refractivity contribution in [1.29, 1.82) is 0 Å². The van der Waals surface area contributed by atoms with Gasteiger partial charge in [-0.3, -0.25) is 9.59 Å². The first-order chi connectivity index (χ1) is 9.65. The maximum atomic E-state index is 12.5. The lowest BCUT2D eigenvalue weighted by molar-refractivity contribution is -0.142. The van der Waals surface area contributed by atoms with E-state index < -0.39 is 0 Å². The lowest BCUT2D eigenvalue weighted by Crippen LogP contribution is -2.44. The van der Waals surface area contributed by atoms with Crippen LogP contribution in [-0.2, 0) is 9.53 Å². The fourth-order valence-electron chi connectivity index (χ4n) is 2.44. The quantitative estimate of drug-likeness (QED) is 0.800. The average Bonchev–Trinajstić information content (AvgIpc) is 2.96. The number of thiophene rings is 1. The highest BCUT2D eigenvalue weighted by molar-refractivity contribution is 7.12. The Morgan fingerprint density at radius 3 is 2.85 bits per heavy atom. The van der Waals surface area contributed by atoms with Gasteiger partial charge < -0.3 is 14.4 Å². The van der Waals surface area contributed by atoms with E-state index in [-0.39, 0.29) is 24.3 Å². The molecule has 1 saturated heterocycles. The Morgan fingerprint density at radius 1 is 1.40 bits per heavy atom. The van der Waals surface area contributed by atoms with Gasteiger partial charge in [-0.05, 0) is 19.3 Å². The minimum absolute atomic E-state index is 0.0214. The van der Waals surface area contributed by atoms with Crippen LogP contribution < -0.4 is 4.74 Å². The maximum Gasteiger partial charge on any atom is 0.307 e. The molecule has 0 aromatic carbocycles. The first-order valence-electron chi connectivity index (χ1n) is 6.66. The molecule has 0 saturated carbocycles. The highest BCUT2D eigenvalue weighted by Gasteiger charge is 2.30. The van der Waals surface area contributed by atoms with Gasteiger partial charge in [0.1, 0.15) is 5.75 Å². The van der Waals surface area contributed by atoms with Crippen LogP contribution in [0.5, 0.6) is 5.75 Å². The molecule has 0 radical (unpaired) electrons. The van der Waals surface area contributed by atoms with Crippen LogP contribution in [0.3, 0.4) is 0 Å². The summed E-state index contributed by atoms with van der Waals surface area (Å²) >= 11 is 1.37. The Labute approximate surface area is 122 Å². The molecule has 1 amide bonds. The molecule has 1 aliphatic rings. The van der Waals surface area contributed by atoms with Crippen molar-refractivity contribution in [2.45, 2.75) is 31.7 Å². The standard InChI is InChI=1S/C14H19NO4S/c1-18-11-8-12(20-9-11)14(17)15-6-4-3-5-10(15)7-13(16)19-2/h8-10H,3-7H2,1-2H3. The summed E-state index contributed by atoms with van der Waals surface area (Å²) in [7, 11) is 2.96. The predicted molar refractivity (Wildman–Crippen MR) is 76.2 cm³/mol. The first-order valence-corrected chi connectivity index (χ1v) is 7.54. The molecule has 0 bridgehead atoms. The summed E-state index contributed by atoms with van der Waals surface area (Å²) in [4.78, 5) is 26.4. The Balaban J connectivity index is 2.10. The zero-order chi connectivity index (χ0) is 14.5. The smallest absolute Gasteiger partial charge is 0.307 e. The number of esters is 1. The molecule has 1 atom stereocenters. The largest absolute Gasteiger partial charge is 0.496 e. The van der Waals surface area contributed by atoms with Crippen LogP contribution in [0.2, 0.25) is 0 Å². The van der Waals surface area contributed by atoms with Crippen LogP contribution in [0.1, 0.15) is 35.4 Å². The number of carbonyl (C=O) groups is 2. The minimum atomic E-state index is -0.265. The van der Waals surface area contributed by atoms with Gasteiger partial charge >= 0.3 is 5.97 Å². The van der Waals surface area contributed by atoms with Crippen LogP contribution in [0.4, 0.5) is 0 Å². The molecule has 1 aromatic rings. The van der Waals surface area contributed by atoms with Crippen molar-refractivity contribution in [3.63, 3.8) is 0 Å². The number of amides is 1. The first kappa shape index (κ1) is 14.8. The lowest BCUT2D eigenvalue weighted by atomic mass is 9.99. The van der Waals surface area contributed by atoms with E-state index in [2.05, 4.69) is 0 Å². The molecule has 0 N–H and O–H groups in total. The third-order valence-corrected chi connectivity index (χ3v) is 4.44. The number of carbonyl (C=O) groups excluding carboxylic acids is 2. The Bertz CT molecular complexity index is 485. The predicted octanol–water partition coefficient (Wildman–Crippen LogP) is 2.31. The second-order valence-corrected chi connectivity index (χ2v) is 5.69. The van der Waals surface area contributed by atoms with E-state index in [4.69, 9.17) is 9.47 Å². The Hall–Kier alpha value is -1.56. The van der Waals surface area contributed by atoms with E-state index in [1.54, 1.807) is 18.1 Å². The Kier molecular flexibility index (Phi) is 5.00. The summed E-state index contributed by atoms with van der Waals surface area (Å²) in [5.74, 6) is 0.408. The molecule has 1 fully saturated rings. The topological polar surface area (TPSA) is 55.8 Å². The van der Waals surface area contributed by atoms with Gasteiger partial charge in [0.25, 0.3) is 5.91 Å². The average molecular weight is 297 g/mol. The zero-order valence-corrected chi connectivity index (χ0v) is 12.6. The highest BCUT2D eigenvalue weighted by atomic mass is 32.1. The van der Waals surface area contributed by atoms with E-state index in [0.29, 0.717) is 17.2 Å². The summed E-state index contributed by atoms with van der Waals surface area (Å²) < 4.78 is 9.82. The number of piperidine rings is 1. The highest BCUT2D eigenvalue weighted by Crippen LogP contribution is 2.27. The number of rotatable bonds is 4. The van der Waals surface area contributed by atoms with Crippen LogP contribution in [-0.4, -0.2) is 43.6 Å². The van der Waals surface area contributed by atoms with E-state index in [9.17, 15) is 9.59 Å². The maximum absolute atomic E-state index is 12.5. The summed E-state index contributed by atoms with van der Waals surface area (Å²) in [6.45, 7) is 0.695. The molecule has 6 heteroatoms. The van der Waals surface area contributed by atoms with Crippen molar-refractivity contribution in [3.8, 4) is 5.75 Å². The molecule has 2 rings (SSSR count). The minimum Gasteiger partial charge on any atom is -0.496 e. The van der Waals surface area contributed by atoms with E-state index in [1.807, 2.05) is 5.38 Å². The lowest BCUT2D eigenvalue weighted by Gasteiger charge is -2.34. The third-order valence-electron chi connectivity index (χ3n) is 3.54. The molecule has 2 heterocycles. The summed E-state index contributed by atoms with van der Waals surface area (Å²) in [6.07, 6.45) is 3.14. The fraction of sp³-hybridized carbons (Fsp3) is 0.571. The van der Waals surface area contributed by atoms with E-state index in [1.165, 1.54) is 18.4 Å². The fourth-order valence-corrected chi connectivity index (χ4v) is 3.25. The van der Waals surface area contributed by atoms with Gasteiger partial charge in [0.2, 0.25) is 0 Å². The van der Waals surface area contributed by atoms with Gasteiger partial charge in [0.05, 0.1) is 25.5 Å². The van der Waals surface area contributed by atoms with Crippen LogP contribution >= 0.6 is 11.3 Å². The van der Waals surface area contributed by atoms with Gasteiger partial charge in [-0.1, -0.05) is 0 Å². The number of nitrogens with zero attached hydrogens (tertiary/aromatic N) is 1. The molecule has 1 aliphatic heterocycles. The van der Waals surface area contributed by atoms with Crippen molar-refractivity contribution >= 4 is 23.2 Å². The third kappa shape index (κ3) is 3.30. The van der Waals surface area contributed by atoms with Gasteiger partial charge in [-0.25, -0.2) is 0 Å². The molecule has 5 nitrogen and oxygen atoms in total. The zero-order valence-electron chi connectivity index (χ0n) is 11.8. The van der Waals surface area contributed by atoms with Crippen molar-refractivity contribution in [3.05, 3.63) is 16.3 Å². The molecular formula is C14H19NO4S. The number of ether oxygens (including phenoxy) is 2. The van der Waals surface area contributed by atoms with Crippen molar-refractivity contribution < 1.29 is 19.1 Å². The van der Waals surface area contributed by atoms with Gasteiger partial charge in [0.15, 0.2) is 0 Å². The van der Waals surface area contributed by atoms with Gasteiger partial charge in [0, 0.05) is 24.0 Å². The summed E-state index contributed by atoms with van der Waals surface area (Å²) in [6, 6.07) is 1.69. The van der Waals surface area contributed by atoms with Gasteiger partial charge in [-0.15, -0.1) is 11.3 Å². The molecule has 0 aliphatic carbocycles. The Morgan fingerprint density at radius 2 is 2.20 bits per heavy atom. The van der Waals surface area contributed by atoms with E-state index in [0.717, 1.165) is 19.3 Å². The number of hydrogen-bond acceptors (Lipinski definition) is 5. The molecular weight excluding hydrogens is 278 g/mol. The van der Waals surface area contributed by atoms with Crippen LogP contribution in [0.25, 0.3) is 0 Å². The van der Waals surface area contributed by atoms with E-state index >= 15 is 0 Å². The number of likely N-dealkylation sites (tertiary alicyclic amines) is 1. The van der Waals surface area contributed by atoms with Crippen molar-refractivity contribution in [2.75, 3.05) is 20.8 Å². The monoisotopic (exact) mass is 297 g/mol. The van der Waals surface area contributed by atoms with Crippen LogP contribution in [0, 0.1) is 0 Å². The van der Waals surface area contributed by atoms with Gasteiger partial charge in [-0.2, -0.15) is 0 Å². The van der Waals surface area contributed by atoms with Crippen LogP contribution in [0.15, 0.2) is 11.4 Å². The summed E-state index contributed by atoms with van der Waals surface area (Å²) in [5, 5.41) is 1.81. The van der Waals surface area contributed by atoms with Crippen molar-refractivity contribution in [1.82, 2.24) is 4.90 Å². The molecule has 110 valence electrons. The molecule has 1 unspecified atom stereocenters. The summed E-state index contributed by atoms with van der Waals surface area (Å²) in [5.41, 5.74) is 0. The normalized spacial score (nSPS) is 18.7. The number of methoxy groups -OCH3 is 2. The SMILES string of the molecule is COC(=O)CC1CCCCN1C(=O)c1cc(OC)cs1. The number of hydrogen-bond donors (Lipinski definition) is 0. The molecule has 1 aromatic heterocycles.